The van der Waals surface area contributed by atoms with Gasteiger partial charge in [0.25, 0.3) is 0 Å². The van der Waals surface area contributed by atoms with Crippen molar-refractivity contribution >= 4 is 0 Å². The van der Waals surface area contributed by atoms with Crippen LogP contribution < -0.4 is 0 Å². The maximum Gasteiger partial charge on any atom is -0.0329 e. The minimum absolute atomic E-state index is 0.989. The Balaban J connectivity index is 1.99. The molecule has 0 aromatic heterocycles. The van der Waals surface area contributed by atoms with Crippen molar-refractivity contribution in [2.45, 2.75) is 46.5 Å². The fourth-order valence-electron chi connectivity index (χ4n) is 3.71. The van der Waals surface area contributed by atoms with Crippen LogP contribution in [0.3, 0.4) is 0 Å². The molecule has 0 heteroatoms. The summed E-state index contributed by atoms with van der Waals surface area (Å²) < 4.78 is 0. The van der Waals surface area contributed by atoms with Crippen LogP contribution in [-0.2, 0) is 0 Å². The third-order valence-electron chi connectivity index (χ3n) is 4.62. The van der Waals surface area contributed by atoms with Crippen molar-refractivity contribution in [1.82, 2.24) is 0 Å². The fourth-order valence-corrected chi connectivity index (χ4v) is 3.71. The smallest absolute Gasteiger partial charge is 0.0329 e. The molecule has 5 atom stereocenters. The van der Waals surface area contributed by atoms with Gasteiger partial charge in [0.2, 0.25) is 0 Å². The Morgan fingerprint density at radius 1 is 1.33 bits per heavy atom. The molecule has 2 rings (SSSR count). The minimum atomic E-state index is 0.989. The van der Waals surface area contributed by atoms with Crippen LogP contribution in [0.4, 0.5) is 0 Å². The van der Waals surface area contributed by atoms with Crippen LogP contribution in [0.25, 0.3) is 0 Å². The molecule has 5 unspecified atom stereocenters. The average molecular weight is 166 g/mol. The largest absolute Gasteiger partial charge is 0.0651 e. The van der Waals surface area contributed by atoms with Gasteiger partial charge in [-0.15, -0.1) is 0 Å². The summed E-state index contributed by atoms with van der Waals surface area (Å²) in [4.78, 5) is 0. The lowest BCUT2D eigenvalue weighted by Crippen LogP contribution is -2.36. The average Bonchev–Trinajstić information content (AvgIpc) is 2.40. The summed E-state index contributed by atoms with van der Waals surface area (Å²) in [6.45, 7) is 7.27. The van der Waals surface area contributed by atoms with Crippen LogP contribution in [0.5, 0.6) is 0 Å². The molecule has 12 heavy (non-hydrogen) atoms. The molecule has 0 radical (unpaired) electrons. The van der Waals surface area contributed by atoms with Crippen LogP contribution in [0.15, 0.2) is 0 Å². The molecule has 0 aromatic rings. The van der Waals surface area contributed by atoms with E-state index in [1.54, 1.807) is 6.42 Å². The van der Waals surface area contributed by atoms with Gasteiger partial charge in [0, 0.05) is 0 Å². The standard InChI is InChI=1S/C12H22/c1-4-8(2)11-6-5-10-7-9(3)12(10)11/h8-12H,4-7H2,1-3H3. The van der Waals surface area contributed by atoms with Crippen molar-refractivity contribution < 1.29 is 0 Å². The lowest BCUT2D eigenvalue weighted by atomic mass is 9.62. The van der Waals surface area contributed by atoms with Gasteiger partial charge in [-0.05, 0) is 48.9 Å². The van der Waals surface area contributed by atoms with Crippen LogP contribution in [0.1, 0.15) is 46.5 Å². The first kappa shape index (κ1) is 8.59. The van der Waals surface area contributed by atoms with E-state index in [1.165, 1.54) is 19.3 Å². The second-order valence-electron chi connectivity index (χ2n) is 5.18. The lowest BCUT2D eigenvalue weighted by molar-refractivity contribution is 0.0601. The van der Waals surface area contributed by atoms with Crippen molar-refractivity contribution in [3.63, 3.8) is 0 Å². The van der Waals surface area contributed by atoms with Crippen molar-refractivity contribution in [1.29, 1.82) is 0 Å². The molecule has 2 aliphatic rings. The molecular formula is C12H22. The third kappa shape index (κ3) is 1.11. The first-order chi connectivity index (χ1) is 5.74. The summed E-state index contributed by atoms with van der Waals surface area (Å²) in [5.74, 6) is 5.39. The van der Waals surface area contributed by atoms with Gasteiger partial charge in [0.05, 0.1) is 0 Å². The Morgan fingerprint density at radius 2 is 2.08 bits per heavy atom. The Morgan fingerprint density at radius 3 is 2.67 bits per heavy atom. The van der Waals surface area contributed by atoms with E-state index in [4.69, 9.17) is 0 Å². The van der Waals surface area contributed by atoms with E-state index in [2.05, 4.69) is 20.8 Å². The molecule has 0 spiro atoms. The van der Waals surface area contributed by atoms with E-state index in [0.717, 1.165) is 29.6 Å². The maximum atomic E-state index is 2.46. The van der Waals surface area contributed by atoms with Crippen LogP contribution in [-0.4, -0.2) is 0 Å². The second kappa shape index (κ2) is 3.05. The predicted octanol–water partition coefficient (Wildman–Crippen LogP) is 3.71. The zero-order chi connectivity index (χ0) is 8.72. The summed E-state index contributed by atoms with van der Waals surface area (Å²) >= 11 is 0. The van der Waals surface area contributed by atoms with Crippen LogP contribution in [0.2, 0.25) is 0 Å². The van der Waals surface area contributed by atoms with Crippen molar-refractivity contribution in [3.8, 4) is 0 Å². The zero-order valence-corrected chi connectivity index (χ0v) is 8.72. The van der Waals surface area contributed by atoms with Gasteiger partial charge in [0.1, 0.15) is 0 Å². The van der Waals surface area contributed by atoms with Crippen molar-refractivity contribution in [2.75, 3.05) is 0 Å². The number of hydrogen-bond acceptors (Lipinski definition) is 0. The molecule has 0 N–H and O–H groups in total. The molecule has 0 nitrogen and oxygen atoms in total. The molecule has 0 bridgehead atoms. The molecule has 0 heterocycles. The topological polar surface area (TPSA) is 0 Å². The SMILES string of the molecule is CCC(C)C1CCC2CC(C)C21. The monoisotopic (exact) mass is 166 g/mol. The summed E-state index contributed by atoms with van der Waals surface area (Å²) in [7, 11) is 0. The van der Waals surface area contributed by atoms with E-state index >= 15 is 0 Å². The van der Waals surface area contributed by atoms with Gasteiger partial charge in [0.15, 0.2) is 0 Å². The normalized spacial score (nSPS) is 48.2. The van der Waals surface area contributed by atoms with Gasteiger partial charge in [-0.3, -0.25) is 0 Å². The first-order valence-electron chi connectivity index (χ1n) is 5.74. The summed E-state index contributed by atoms with van der Waals surface area (Å²) in [5.41, 5.74) is 0. The van der Waals surface area contributed by atoms with E-state index in [1.807, 2.05) is 0 Å². The van der Waals surface area contributed by atoms with E-state index in [9.17, 15) is 0 Å². The Labute approximate surface area is 76.7 Å². The molecule has 0 aromatic carbocycles. The maximum absolute atomic E-state index is 2.46. The fraction of sp³-hybridized carbons (Fsp3) is 1.00. The summed E-state index contributed by atoms with van der Waals surface area (Å²) in [5, 5.41) is 0. The highest BCUT2D eigenvalue weighted by atomic mass is 14.5. The Bertz CT molecular complexity index is 161. The molecule has 0 aliphatic heterocycles. The van der Waals surface area contributed by atoms with Crippen LogP contribution >= 0.6 is 0 Å². The zero-order valence-electron chi connectivity index (χ0n) is 8.72. The predicted molar refractivity (Wildman–Crippen MR) is 52.9 cm³/mol. The lowest BCUT2D eigenvalue weighted by Gasteiger charge is -2.43. The Kier molecular flexibility index (Phi) is 2.18. The minimum Gasteiger partial charge on any atom is -0.0651 e. The van der Waals surface area contributed by atoms with E-state index < -0.39 is 0 Å². The van der Waals surface area contributed by atoms with E-state index in [0.29, 0.717) is 0 Å². The Hall–Kier alpha value is 0. The molecule has 2 fully saturated rings. The van der Waals surface area contributed by atoms with E-state index in [-0.39, 0.29) is 0 Å². The van der Waals surface area contributed by atoms with Crippen molar-refractivity contribution in [3.05, 3.63) is 0 Å². The molecule has 0 saturated heterocycles. The molecular weight excluding hydrogens is 144 g/mol. The third-order valence-corrected chi connectivity index (χ3v) is 4.62. The first-order valence-corrected chi connectivity index (χ1v) is 5.74. The second-order valence-corrected chi connectivity index (χ2v) is 5.18. The van der Waals surface area contributed by atoms with Gasteiger partial charge in [-0.25, -0.2) is 0 Å². The molecule has 70 valence electrons. The highest BCUT2D eigenvalue weighted by Gasteiger charge is 2.48. The molecule has 2 aliphatic carbocycles. The quantitative estimate of drug-likeness (QED) is 0.586. The number of fused-ring (bicyclic) bond motifs is 1. The van der Waals surface area contributed by atoms with Crippen molar-refractivity contribution in [2.24, 2.45) is 29.6 Å². The van der Waals surface area contributed by atoms with Gasteiger partial charge in [-0.1, -0.05) is 27.2 Å². The number of rotatable bonds is 2. The highest BCUT2D eigenvalue weighted by molar-refractivity contribution is 4.97. The van der Waals surface area contributed by atoms with Gasteiger partial charge in [-0.2, -0.15) is 0 Å². The van der Waals surface area contributed by atoms with Crippen LogP contribution in [0, 0.1) is 29.6 Å². The molecule has 0 amide bonds. The molecule has 2 saturated carbocycles. The van der Waals surface area contributed by atoms with Gasteiger partial charge >= 0.3 is 0 Å². The highest BCUT2D eigenvalue weighted by Crippen LogP contribution is 2.56. The summed E-state index contributed by atoms with van der Waals surface area (Å²) in [6.07, 6.45) is 6.01. The number of hydrogen-bond donors (Lipinski definition) is 0. The van der Waals surface area contributed by atoms with Gasteiger partial charge < -0.3 is 0 Å². The summed E-state index contributed by atoms with van der Waals surface area (Å²) in [6, 6.07) is 0.